The Labute approximate surface area is 153 Å². The molecular formula is C21H12N4S. The average Bonchev–Trinajstić information content (AvgIpc) is 3.33. The summed E-state index contributed by atoms with van der Waals surface area (Å²) >= 11 is 1.76. The van der Waals surface area contributed by atoms with E-state index in [-0.39, 0.29) is 0 Å². The molecule has 0 radical (unpaired) electrons. The van der Waals surface area contributed by atoms with Gasteiger partial charge < -0.3 is 0 Å². The highest BCUT2D eigenvalue weighted by Crippen LogP contribution is 2.39. The van der Waals surface area contributed by atoms with Gasteiger partial charge in [0.2, 0.25) is 0 Å². The lowest BCUT2D eigenvalue weighted by Crippen LogP contribution is -1.85. The van der Waals surface area contributed by atoms with Crippen molar-refractivity contribution in [1.82, 2.24) is 15.2 Å². The molecule has 0 aliphatic carbocycles. The van der Waals surface area contributed by atoms with Gasteiger partial charge in [0.1, 0.15) is 6.07 Å². The van der Waals surface area contributed by atoms with E-state index in [0.29, 0.717) is 5.56 Å². The van der Waals surface area contributed by atoms with Gasteiger partial charge in [-0.1, -0.05) is 18.2 Å². The topological polar surface area (TPSA) is 65.4 Å². The van der Waals surface area contributed by atoms with Crippen molar-refractivity contribution in [3.8, 4) is 27.6 Å². The Morgan fingerprint density at radius 2 is 1.85 bits per heavy atom. The second kappa shape index (κ2) is 5.80. The van der Waals surface area contributed by atoms with E-state index in [9.17, 15) is 0 Å². The minimum absolute atomic E-state index is 0.554. The summed E-state index contributed by atoms with van der Waals surface area (Å²) < 4.78 is 1.26. The van der Waals surface area contributed by atoms with Crippen molar-refractivity contribution in [2.24, 2.45) is 0 Å². The molecule has 0 amide bonds. The molecular weight excluding hydrogens is 340 g/mol. The van der Waals surface area contributed by atoms with Crippen LogP contribution in [0.4, 0.5) is 0 Å². The van der Waals surface area contributed by atoms with E-state index < -0.39 is 0 Å². The summed E-state index contributed by atoms with van der Waals surface area (Å²) in [5.41, 5.74) is 4.63. The van der Waals surface area contributed by atoms with E-state index >= 15 is 0 Å². The maximum Gasteiger partial charge on any atom is 0.101 e. The summed E-state index contributed by atoms with van der Waals surface area (Å²) in [4.78, 5) is 5.38. The molecule has 0 fully saturated rings. The number of H-pyrrole nitrogens is 1. The molecule has 0 aliphatic heterocycles. The first-order chi connectivity index (χ1) is 12.8. The number of nitrogens with one attached hydrogen (secondary N) is 1. The Bertz CT molecular complexity index is 1270. The molecule has 0 saturated carbocycles. The number of hydrogen-bond acceptors (Lipinski definition) is 4. The van der Waals surface area contributed by atoms with Gasteiger partial charge in [0.25, 0.3) is 0 Å². The lowest BCUT2D eigenvalue weighted by Gasteiger charge is -2.06. The first-order valence-corrected chi connectivity index (χ1v) is 8.95. The van der Waals surface area contributed by atoms with Gasteiger partial charge in [0.15, 0.2) is 0 Å². The van der Waals surface area contributed by atoms with Crippen LogP contribution in [0, 0.1) is 11.3 Å². The molecule has 0 saturated heterocycles. The number of aromatic amines is 1. The van der Waals surface area contributed by atoms with Crippen molar-refractivity contribution in [3.05, 3.63) is 72.7 Å². The molecule has 2 aromatic carbocycles. The molecule has 0 bridgehead atoms. The van der Waals surface area contributed by atoms with Crippen molar-refractivity contribution < 1.29 is 0 Å². The van der Waals surface area contributed by atoms with E-state index in [2.05, 4.69) is 63.7 Å². The van der Waals surface area contributed by atoms with Crippen LogP contribution in [-0.2, 0) is 0 Å². The smallest absolute Gasteiger partial charge is 0.101 e. The lowest BCUT2D eigenvalue weighted by atomic mass is 10.00. The van der Waals surface area contributed by atoms with E-state index in [0.717, 1.165) is 27.6 Å². The quantitative estimate of drug-likeness (QED) is 0.464. The average molecular weight is 352 g/mol. The van der Waals surface area contributed by atoms with Crippen molar-refractivity contribution in [2.75, 3.05) is 0 Å². The second-order valence-corrected chi connectivity index (χ2v) is 7.16. The van der Waals surface area contributed by atoms with E-state index in [4.69, 9.17) is 5.26 Å². The maximum atomic E-state index is 9.16. The largest absolute Gasteiger partial charge is 0.277 e. The summed E-state index contributed by atoms with van der Waals surface area (Å²) in [5, 5.41) is 18.8. The molecule has 3 heterocycles. The highest BCUT2D eigenvalue weighted by Gasteiger charge is 2.12. The van der Waals surface area contributed by atoms with Gasteiger partial charge in [-0.2, -0.15) is 10.4 Å². The summed E-state index contributed by atoms with van der Waals surface area (Å²) in [6.07, 6.45) is 5.20. The van der Waals surface area contributed by atoms with Gasteiger partial charge in [0, 0.05) is 38.5 Å². The van der Waals surface area contributed by atoms with Gasteiger partial charge in [-0.15, -0.1) is 11.3 Å². The minimum atomic E-state index is 0.554. The van der Waals surface area contributed by atoms with Crippen molar-refractivity contribution in [3.63, 3.8) is 0 Å². The summed E-state index contributed by atoms with van der Waals surface area (Å²) in [5.74, 6) is 0. The highest BCUT2D eigenvalue weighted by molar-refractivity contribution is 7.22. The summed E-state index contributed by atoms with van der Waals surface area (Å²) in [6, 6.07) is 18.8. The summed E-state index contributed by atoms with van der Waals surface area (Å²) in [7, 11) is 0. The fraction of sp³-hybridized carbons (Fsp3) is 0. The molecule has 0 spiro atoms. The molecule has 0 aliphatic rings. The van der Waals surface area contributed by atoms with Crippen molar-refractivity contribution in [2.45, 2.75) is 0 Å². The number of hydrogen-bond donors (Lipinski definition) is 1. The Kier molecular flexibility index (Phi) is 3.30. The number of benzene rings is 2. The SMILES string of the molecule is N#Cc1cncc(-c2cc(-c3cc4ccccc4s3)c3[nH]ncc3c2)c1. The molecule has 26 heavy (non-hydrogen) atoms. The van der Waals surface area contributed by atoms with Crippen LogP contribution >= 0.6 is 11.3 Å². The van der Waals surface area contributed by atoms with Gasteiger partial charge in [-0.25, -0.2) is 0 Å². The molecule has 3 aromatic heterocycles. The fourth-order valence-electron chi connectivity index (χ4n) is 3.19. The first kappa shape index (κ1) is 14.8. The number of aromatic nitrogens is 3. The highest BCUT2D eigenvalue weighted by atomic mass is 32.1. The Morgan fingerprint density at radius 3 is 2.73 bits per heavy atom. The Balaban J connectivity index is 1.76. The predicted molar refractivity (Wildman–Crippen MR) is 105 cm³/mol. The molecule has 1 N–H and O–H groups in total. The van der Waals surface area contributed by atoms with E-state index in [1.807, 2.05) is 12.3 Å². The van der Waals surface area contributed by atoms with Gasteiger partial charge >= 0.3 is 0 Å². The van der Waals surface area contributed by atoms with Gasteiger partial charge in [-0.3, -0.25) is 10.1 Å². The molecule has 5 heteroatoms. The second-order valence-electron chi connectivity index (χ2n) is 6.08. The zero-order valence-corrected chi connectivity index (χ0v) is 14.4. The summed E-state index contributed by atoms with van der Waals surface area (Å²) in [6.45, 7) is 0. The number of nitriles is 1. The van der Waals surface area contributed by atoms with Crippen LogP contribution in [0.1, 0.15) is 5.56 Å². The molecule has 0 atom stereocenters. The monoisotopic (exact) mass is 352 g/mol. The number of nitrogens with zero attached hydrogens (tertiary/aromatic N) is 3. The molecule has 5 rings (SSSR count). The molecule has 5 aromatic rings. The third-order valence-corrected chi connectivity index (χ3v) is 5.59. The van der Waals surface area contributed by atoms with Gasteiger partial charge in [0.05, 0.1) is 17.3 Å². The van der Waals surface area contributed by atoms with Crippen molar-refractivity contribution >= 4 is 32.3 Å². The molecule has 122 valence electrons. The first-order valence-electron chi connectivity index (χ1n) is 8.13. The van der Waals surface area contributed by atoms with Crippen LogP contribution in [0.2, 0.25) is 0 Å². The third-order valence-electron chi connectivity index (χ3n) is 4.44. The Morgan fingerprint density at radius 1 is 0.923 bits per heavy atom. The van der Waals surface area contributed by atoms with E-state index in [1.165, 1.54) is 15.0 Å². The molecule has 0 unspecified atom stereocenters. The van der Waals surface area contributed by atoms with Crippen LogP contribution in [-0.4, -0.2) is 15.2 Å². The number of fused-ring (bicyclic) bond motifs is 2. The standard InChI is InChI=1S/C21H12N4S/c22-9-13-5-16(11-23-10-13)15-6-17-12-24-25-21(17)18(7-15)20-8-14-3-1-2-4-19(14)26-20/h1-8,10-12H,(H,24,25). The molecule has 4 nitrogen and oxygen atoms in total. The van der Waals surface area contributed by atoms with Crippen molar-refractivity contribution in [1.29, 1.82) is 5.26 Å². The number of thiophene rings is 1. The van der Waals surface area contributed by atoms with Crippen LogP contribution in [0.5, 0.6) is 0 Å². The lowest BCUT2D eigenvalue weighted by molar-refractivity contribution is 1.12. The number of pyridine rings is 1. The Hall–Kier alpha value is -3.49. The normalized spacial score (nSPS) is 11.0. The van der Waals surface area contributed by atoms with E-state index in [1.54, 1.807) is 23.7 Å². The fourth-order valence-corrected chi connectivity index (χ4v) is 4.28. The van der Waals surface area contributed by atoms with Crippen LogP contribution < -0.4 is 0 Å². The van der Waals surface area contributed by atoms with Crippen LogP contribution in [0.25, 0.3) is 42.6 Å². The van der Waals surface area contributed by atoms with Gasteiger partial charge in [-0.05, 0) is 41.3 Å². The van der Waals surface area contributed by atoms with Crippen LogP contribution in [0.15, 0.2) is 67.1 Å². The minimum Gasteiger partial charge on any atom is -0.277 e. The zero-order valence-electron chi connectivity index (χ0n) is 13.6. The zero-order chi connectivity index (χ0) is 17.5. The van der Waals surface area contributed by atoms with Crippen LogP contribution in [0.3, 0.4) is 0 Å². The predicted octanol–water partition coefficient (Wildman–Crippen LogP) is 5.38. The number of rotatable bonds is 2. The maximum absolute atomic E-state index is 9.16. The third kappa shape index (κ3) is 2.36.